The van der Waals surface area contributed by atoms with E-state index in [1.165, 1.54) is 0 Å². The average Bonchev–Trinajstić information content (AvgIpc) is 2.58. The van der Waals surface area contributed by atoms with E-state index in [1.54, 1.807) is 0 Å². The summed E-state index contributed by atoms with van der Waals surface area (Å²) in [7, 11) is 0. The van der Waals surface area contributed by atoms with Gasteiger partial charge in [0.15, 0.2) is 5.41 Å². The molecule has 0 amide bonds. The smallest absolute Gasteiger partial charge is 0.188 e. The SMILES string of the molecule is N#C[C@H]1C(=N)C(C#N)(C#N)C2(CCCCC2)[C@H]2CCCC=C12. The quantitative estimate of drug-likeness (QED) is 0.686. The molecule has 0 heterocycles. The van der Waals surface area contributed by atoms with E-state index in [2.05, 4.69) is 24.3 Å². The van der Waals surface area contributed by atoms with Gasteiger partial charge in [-0.2, -0.15) is 15.8 Å². The molecule has 0 aliphatic heterocycles. The molecule has 4 heteroatoms. The van der Waals surface area contributed by atoms with Gasteiger partial charge in [-0.15, -0.1) is 0 Å². The summed E-state index contributed by atoms with van der Waals surface area (Å²) in [4.78, 5) is 0. The zero-order valence-electron chi connectivity index (χ0n) is 12.7. The summed E-state index contributed by atoms with van der Waals surface area (Å²) in [5.41, 5.74) is -0.813. The van der Waals surface area contributed by atoms with E-state index in [-0.39, 0.29) is 11.6 Å². The Morgan fingerprint density at radius 1 is 1.05 bits per heavy atom. The molecule has 0 radical (unpaired) electrons. The average molecular weight is 292 g/mol. The van der Waals surface area contributed by atoms with Gasteiger partial charge in [-0.1, -0.05) is 25.3 Å². The molecule has 0 bridgehead atoms. The maximum Gasteiger partial charge on any atom is 0.188 e. The summed E-state index contributed by atoms with van der Waals surface area (Å²) in [5, 5.41) is 37.9. The molecular formula is C18H20N4. The van der Waals surface area contributed by atoms with Crippen molar-refractivity contribution >= 4 is 5.71 Å². The largest absolute Gasteiger partial charge is 0.305 e. The number of nitrogens with one attached hydrogen (secondary N) is 1. The second-order valence-corrected chi connectivity index (χ2v) is 6.85. The first kappa shape index (κ1) is 14.8. The van der Waals surface area contributed by atoms with Crippen molar-refractivity contribution < 1.29 is 0 Å². The van der Waals surface area contributed by atoms with E-state index in [9.17, 15) is 15.8 Å². The Kier molecular flexibility index (Phi) is 3.54. The number of nitriles is 3. The van der Waals surface area contributed by atoms with Gasteiger partial charge in [-0.25, -0.2) is 0 Å². The topological polar surface area (TPSA) is 95.2 Å². The fourth-order valence-electron chi connectivity index (χ4n) is 5.14. The van der Waals surface area contributed by atoms with Gasteiger partial charge in [0.2, 0.25) is 0 Å². The van der Waals surface area contributed by atoms with Crippen LogP contribution < -0.4 is 0 Å². The number of rotatable bonds is 0. The molecule has 3 aliphatic rings. The fraction of sp³-hybridized carbons (Fsp3) is 0.667. The van der Waals surface area contributed by atoms with Crippen LogP contribution in [0.5, 0.6) is 0 Å². The minimum Gasteiger partial charge on any atom is -0.305 e. The molecule has 1 N–H and O–H groups in total. The number of fused-ring (bicyclic) bond motifs is 2. The summed E-state index contributed by atoms with van der Waals surface area (Å²) in [5.74, 6) is -0.559. The second kappa shape index (κ2) is 5.26. The van der Waals surface area contributed by atoms with E-state index in [0.717, 1.165) is 56.9 Å². The van der Waals surface area contributed by atoms with Crippen molar-refractivity contribution in [3.8, 4) is 18.2 Å². The predicted octanol–water partition coefficient (Wildman–Crippen LogP) is 3.87. The summed E-state index contributed by atoms with van der Waals surface area (Å²) in [6.45, 7) is 0. The molecule has 0 aromatic rings. The van der Waals surface area contributed by atoms with E-state index in [1.807, 2.05) is 0 Å². The molecule has 1 spiro atoms. The van der Waals surface area contributed by atoms with Gasteiger partial charge >= 0.3 is 0 Å². The first-order valence-electron chi connectivity index (χ1n) is 8.18. The molecule has 0 saturated heterocycles. The Hall–Kier alpha value is -2.12. The third-order valence-electron chi connectivity index (χ3n) is 6.13. The number of allylic oxidation sites excluding steroid dienone is 2. The molecule has 0 aromatic carbocycles. The first-order valence-corrected chi connectivity index (χ1v) is 8.18. The lowest BCUT2D eigenvalue weighted by atomic mass is 9.43. The van der Waals surface area contributed by atoms with Crippen molar-refractivity contribution in [2.75, 3.05) is 0 Å². The molecule has 0 unspecified atom stereocenters. The summed E-state index contributed by atoms with van der Waals surface area (Å²) < 4.78 is 0. The number of hydrogen-bond acceptors (Lipinski definition) is 4. The highest BCUT2D eigenvalue weighted by atomic mass is 14.7. The van der Waals surface area contributed by atoms with Crippen molar-refractivity contribution in [2.45, 2.75) is 51.4 Å². The lowest BCUT2D eigenvalue weighted by molar-refractivity contribution is 0.0394. The Labute approximate surface area is 131 Å². The second-order valence-electron chi connectivity index (χ2n) is 6.85. The van der Waals surface area contributed by atoms with Crippen molar-refractivity contribution in [2.24, 2.45) is 22.7 Å². The van der Waals surface area contributed by atoms with Crippen LogP contribution in [0.25, 0.3) is 0 Å². The summed E-state index contributed by atoms with van der Waals surface area (Å²) in [6.07, 6.45) is 9.88. The van der Waals surface area contributed by atoms with Crippen molar-refractivity contribution in [1.82, 2.24) is 0 Å². The highest BCUT2D eigenvalue weighted by Gasteiger charge is 2.65. The third kappa shape index (κ3) is 1.63. The van der Waals surface area contributed by atoms with E-state index >= 15 is 0 Å². The maximum absolute atomic E-state index is 9.89. The highest BCUT2D eigenvalue weighted by Crippen LogP contribution is 2.63. The molecule has 22 heavy (non-hydrogen) atoms. The number of nitrogens with zero attached hydrogens (tertiary/aromatic N) is 3. The Morgan fingerprint density at radius 3 is 2.32 bits per heavy atom. The van der Waals surface area contributed by atoms with Crippen LogP contribution in [0.4, 0.5) is 0 Å². The van der Waals surface area contributed by atoms with Gasteiger partial charge in [0.1, 0.15) is 5.92 Å². The van der Waals surface area contributed by atoms with Gasteiger partial charge in [0.25, 0.3) is 0 Å². The Bertz CT molecular complexity index is 632. The summed E-state index contributed by atoms with van der Waals surface area (Å²) >= 11 is 0. The highest BCUT2D eigenvalue weighted by molar-refractivity contribution is 6.00. The van der Waals surface area contributed by atoms with Gasteiger partial charge < -0.3 is 5.41 Å². The van der Waals surface area contributed by atoms with Gasteiger partial charge in [-0.05, 0) is 43.6 Å². The van der Waals surface area contributed by atoms with E-state index in [0.29, 0.717) is 0 Å². The molecular weight excluding hydrogens is 272 g/mol. The minimum atomic E-state index is -1.42. The molecule has 4 nitrogen and oxygen atoms in total. The van der Waals surface area contributed by atoms with Crippen LogP contribution in [-0.4, -0.2) is 5.71 Å². The third-order valence-corrected chi connectivity index (χ3v) is 6.13. The van der Waals surface area contributed by atoms with Crippen molar-refractivity contribution in [1.29, 1.82) is 21.2 Å². The van der Waals surface area contributed by atoms with Crippen LogP contribution in [0.1, 0.15) is 51.4 Å². The van der Waals surface area contributed by atoms with Crippen LogP contribution in [0.3, 0.4) is 0 Å². The standard InChI is InChI=1S/C18H20N4/c19-10-14-13-6-2-3-7-15(13)17(8-4-1-5-9-17)18(11-20,12-21)16(14)22/h6,14-15,22H,1-5,7-9H2/t14-,15+/m1/s1. The molecule has 2 fully saturated rings. The molecule has 3 rings (SSSR count). The maximum atomic E-state index is 9.89. The molecule has 2 atom stereocenters. The van der Waals surface area contributed by atoms with E-state index < -0.39 is 16.7 Å². The number of hydrogen-bond donors (Lipinski definition) is 1. The lowest BCUT2D eigenvalue weighted by Gasteiger charge is -2.56. The van der Waals surface area contributed by atoms with Gasteiger partial charge in [-0.3, -0.25) is 0 Å². The van der Waals surface area contributed by atoms with E-state index in [4.69, 9.17) is 5.41 Å². The fourth-order valence-corrected chi connectivity index (χ4v) is 5.14. The molecule has 0 aromatic heterocycles. The molecule has 112 valence electrons. The summed E-state index contributed by atoms with van der Waals surface area (Å²) in [6, 6.07) is 6.62. The minimum absolute atomic E-state index is 0.0336. The first-order chi connectivity index (χ1) is 10.7. The molecule has 3 aliphatic carbocycles. The molecule has 2 saturated carbocycles. The van der Waals surface area contributed by atoms with Crippen molar-refractivity contribution in [3.63, 3.8) is 0 Å². The Morgan fingerprint density at radius 2 is 1.73 bits per heavy atom. The van der Waals surface area contributed by atoms with Crippen LogP contribution in [-0.2, 0) is 0 Å². The van der Waals surface area contributed by atoms with Crippen molar-refractivity contribution in [3.05, 3.63) is 11.6 Å². The van der Waals surface area contributed by atoms with Crippen LogP contribution >= 0.6 is 0 Å². The predicted molar refractivity (Wildman–Crippen MR) is 81.4 cm³/mol. The Balaban J connectivity index is 2.25. The zero-order chi connectivity index (χ0) is 15.8. The lowest BCUT2D eigenvalue weighted by Crippen LogP contribution is -2.58. The van der Waals surface area contributed by atoms with Gasteiger partial charge in [0, 0.05) is 5.41 Å². The van der Waals surface area contributed by atoms with Crippen LogP contribution in [0.2, 0.25) is 0 Å². The normalized spacial score (nSPS) is 32.0. The van der Waals surface area contributed by atoms with Crippen LogP contribution in [0.15, 0.2) is 11.6 Å². The van der Waals surface area contributed by atoms with Crippen LogP contribution in [0, 0.1) is 62.1 Å². The van der Waals surface area contributed by atoms with Gasteiger partial charge in [0.05, 0.1) is 23.9 Å². The zero-order valence-corrected chi connectivity index (χ0v) is 12.7. The monoisotopic (exact) mass is 292 g/mol.